The number of anilines is 1. The molecule has 0 aliphatic carbocycles. The van der Waals surface area contributed by atoms with Gasteiger partial charge >= 0.3 is 0 Å². The first-order chi connectivity index (χ1) is 15.5. The van der Waals surface area contributed by atoms with Crippen molar-refractivity contribution in [2.24, 2.45) is 0 Å². The van der Waals surface area contributed by atoms with E-state index in [4.69, 9.17) is 11.6 Å². The van der Waals surface area contributed by atoms with Crippen LogP contribution < -0.4 is 10.3 Å². The third kappa shape index (κ3) is 4.97. The minimum Gasteiger partial charge on any atom is -0.368 e. The number of allylic oxidation sites excluding steroid dienone is 1. The van der Waals surface area contributed by atoms with Crippen LogP contribution in [0.25, 0.3) is 6.08 Å². The van der Waals surface area contributed by atoms with E-state index in [9.17, 15) is 4.39 Å². The van der Waals surface area contributed by atoms with E-state index in [0.29, 0.717) is 17.1 Å². The van der Waals surface area contributed by atoms with Crippen LogP contribution in [0.1, 0.15) is 16.8 Å². The second-order valence-electron chi connectivity index (χ2n) is 7.76. The first-order valence-corrected chi connectivity index (χ1v) is 11.0. The van der Waals surface area contributed by atoms with Crippen molar-refractivity contribution in [3.05, 3.63) is 101 Å². The molecule has 5 nitrogen and oxygen atoms in total. The Balaban J connectivity index is 1.47. The van der Waals surface area contributed by atoms with Crippen LogP contribution in [0.5, 0.6) is 0 Å². The van der Waals surface area contributed by atoms with Gasteiger partial charge in [0, 0.05) is 49.3 Å². The van der Waals surface area contributed by atoms with Gasteiger partial charge in [-0.3, -0.25) is 4.68 Å². The van der Waals surface area contributed by atoms with E-state index in [2.05, 4.69) is 39.8 Å². The Morgan fingerprint density at radius 3 is 2.72 bits per heavy atom. The van der Waals surface area contributed by atoms with Gasteiger partial charge in [0.1, 0.15) is 11.6 Å². The molecule has 2 aromatic heterocycles. The van der Waals surface area contributed by atoms with Gasteiger partial charge in [0.05, 0.1) is 12.2 Å². The Bertz CT molecular complexity index is 1100. The minimum atomic E-state index is -0.297. The highest BCUT2D eigenvalue weighted by atomic mass is 35.5. The first kappa shape index (κ1) is 22.0. The summed E-state index contributed by atoms with van der Waals surface area (Å²) in [5, 5.41) is 0.539. The van der Waals surface area contributed by atoms with Gasteiger partial charge in [-0.1, -0.05) is 24.2 Å². The molecule has 1 aliphatic heterocycles. The molecule has 32 heavy (non-hydrogen) atoms. The average molecular weight is 452 g/mol. The molecule has 3 aromatic rings. The van der Waals surface area contributed by atoms with Gasteiger partial charge in [-0.05, 0) is 66.6 Å². The smallest absolute Gasteiger partial charge is 0.128 e. The minimum absolute atomic E-state index is 0.297. The summed E-state index contributed by atoms with van der Waals surface area (Å²) >= 11 is 6.22. The van der Waals surface area contributed by atoms with Crippen LogP contribution in [0.4, 0.5) is 10.2 Å². The van der Waals surface area contributed by atoms with Crippen molar-refractivity contribution in [1.29, 1.82) is 0 Å². The molecule has 7 heteroatoms. The van der Waals surface area contributed by atoms with Gasteiger partial charge < -0.3 is 15.2 Å². The fraction of sp³-hybridized carbons (Fsp3) is 0.240. The van der Waals surface area contributed by atoms with Gasteiger partial charge in [0.2, 0.25) is 0 Å². The number of piperazine rings is 1. The van der Waals surface area contributed by atoms with Crippen LogP contribution in [0, 0.1) is 12.7 Å². The Labute approximate surface area is 193 Å². The average Bonchev–Trinajstić information content (AvgIpc) is 3.17. The van der Waals surface area contributed by atoms with Crippen molar-refractivity contribution in [2.45, 2.75) is 13.5 Å². The normalized spacial score (nSPS) is 14.5. The molecule has 0 atom stereocenters. The molecule has 1 saturated heterocycles. The zero-order valence-corrected chi connectivity index (χ0v) is 18.9. The van der Waals surface area contributed by atoms with E-state index in [1.54, 1.807) is 6.07 Å². The van der Waals surface area contributed by atoms with Crippen LogP contribution in [-0.2, 0) is 6.54 Å². The molecule has 1 fully saturated rings. The lowest BCUT2D eigenvalue weighted by Crippen LogP contribution is -2.45. The van der Waals surface area contributed by atoms with Crippen molar-refractivity contribution in [3.8, 4) is 0 Å². The first-order valence-electron chi connectivity index (χ1n) is 10.7. The van der Waals surface area contributed by atoms with Gasteiger partial charge in [-0.2, -0.15) is 0 Å². The molecule has 0 spiro atoms. The molecule has 3 heterocycles. The third-order valence-corrected chi connectivity index (χ3v) is 6.07. The predicted octanol–water partition coefficient (Wildman–Crippen LogP) is 5.08. The lowest BCUT2D eigenvalue weighted by molar-refractivity contribution is 0.332. The number of benzene rings is 1. The van der Waals surface area contributed by atoms with Crippen LogP contribution >= 0.6 is 11.6 Å². The van der Waals surface area contributed by atoms with Crippen molar-refractivity contribution >= 4 is 23.5 Å². The second-order valence-corrected chi connectivity index (χ2v) is 8.17. The number of aryl methyl sites for hydroxylation is 1. The van der Waals surface area contributed by atoms with E-state index >= 15 is 0 Å². The summed E-state index contributed by atoms with van der Waals surface area (Å²) in [7, 11) is 0. The second kappa shape index (κ2) is 9.92. The van der Waals surface area contributed by atoms with Gasteiger partial charge in [0.15, 0.2) is 0 Å². The quantitative estimate of drug-likeness (QED) is 0.508. The third-order valence-electron chi connectivity index (χ3n) is 5.70. The molecule has 0 saturated carbocycles. The number of pyridine rings is 1. The zero-order valence-electron chi connectivity index (χ0n) is 18.1. The summed E-state index contributed by atoms with van der Waals surface area (Å²) in [6.45, 7) is 10.1. The molecule has 4 rings (SSSR count). The summed E-state index contributed by atoms with van der Waals surface area (Å²) in [4.78, 5) is 9.10. The van der Waals surface area contributed by atoms with Crippen molar-refractivity contribution in [2.75, 3.05) is 36.5 Å². The number of hydrogen-bond donors (Lipinski definition) is 1. The van der Waals surface area contributed by atoms with E-state index in [0.717, 1.165) is 49.0 Å². The number of nitrogens with one attached hydrogen (secondary N) is 1. The molecular weight excluding hydrogens is 425 g/mol. The maximum absolute atomic E-state index is 13.6. The highest BCUT2D eigenvalue weighted by Gasteiger charge is 2.19. The number of halogens is 2. The monoisotopic (exact) mass is 451 g/mol. The van der Waals surface area contributed by atoms with Crippen LogP contribution in [-0.4, -0.2) is 40.7 Å². The SMILES string of the molecule is C=C/C(=C\c1c(C)ccn1NCc1cc(F)ccc1Cl)N1CCN(c2ccccn2)CC1. The summed E-state index contributed by atoms with van der Waals surface area (Å²) in [5.41, 5.74) is 7.27. The van der Waals surface area contributed by atoms with Crippen LogP contribution in [0.15, 0.2) is 73.2 Å². The summed E-state index contributed by atoms with van der Waals surface area (Å²) in [6.07, 6.45) is 7.83. The van der Waals surface area contributed by atoms with Gasteiger partial charge in [-0.15, -0.1) is 0 Å². The molecule has 0 amide bonds. The maximum Gasteiger partial charge on any atom is 0.128 e. The fourth-order valence-corrected chi connectivity index (χ4v) is 4.05. The highest BCUT2D eigenvalue weighted by molar-refractivity contribution is 6.31. The van der Waals surface area contributed by atoms with Crippen molar-refractivity contribution in [1.82, 2.24) is 14.6 Å². The largest absolute Gasteiger partial charge is 0.368 e. The van der Waals surface area contributed by atoms with E-state index < -0.39 is 0 Å². The Morgan fingerprint density at radius 2 is 2.00 bits per heavy atom. The van der Waals surface area contributed by atoms with Gasteiger partial charge in [0.25, 0.3) is 0 Å². The van der Waals surface area contributed by atoms with E-state index in [1.165, 1.54) is 12.1 Å². The molecule has 0 unspecified atom stereocenters. The molecule has 0 radical (unpaired) electrons. The molecule has 0 bridgehead atoms. The Hall–Kier alpha value is -3.25. The van der Waals surface area contributed by atoms with Crippen LogP contribution in [0.3, 0.4) is 0 Å². The lowest BCUT2D eigenvalue weighted by atomic mass is 10.2. The number of aromatic nitrogens is 2. The lowest BCUT2D eigenvalue weighted by Gasteiger charge is -2.37. The number of hydrogen-bond acceptors (Lipinski definition) is 4. The molecule has 1 aliphatic rings. The zero-order chi connectivity index (χ0) is 22.5. The summed E-state index contributed by atoms with van der Waals surface area (Å²) in [6, 6.07) is 12.5. The van der Waals surface area contributed by atoms with Crippen LogP contribution in [0.2, 0.25) is 5.02 Å². The molecule has 166 valence electrons. The Morgan fingerprint density at radius 1 is 1.19 bits per heavy atom. The van der Waals surface area contributed by atoms with E-state index in [-0.39, 0.29) is 5.82 Å². The summed E-state index contributed by atoms with van der Waals surface area (Å²) < 4.78 is 15.5. The topological polar surface area (TPSA) is 36.3 Å². The molecule has 1 aromatic carbocycles. The summed E-state index contributed by atoms with van der Waals surface area (Å²) in [5.74, 6) is 0.718. The van der Waals surface area contributed by atoms with Gasteiger partial charge in [-0.25, -0.2) is 9.37 Å². The standard InChI is InChI=1S/C25H27ClFN5/c1-3-22(30-12-14-31(15-13-30)25-6-4-5-10-28-25)17-24-19(2)9-11-32(24)29-18-20-16-21(27)7-8-23(20)26/h3-11,16-17,29H,1,12-15,18H2,2H3/b22-17+. The molecular formula is C25H27ClFN5. The van der Waals surface area contributed by atoms with Crippen molar-refractivity contribution in [3.63, 3.8) is 0 Å². The number of rotatable bonds is 7. The van der Waals surface area contributed by atoms with Crippen molar-refractivity contribution < 1.29 is 4.39 Å². The maximum atomic E-state index is 13.6. The molecule has 1 N–H and O–H groups in total. The Kier molecular flexibility index (Phi) is 6.81. The highest BCUT2D eigenvalue weighted by Crippen LogP contribution is 2.21. The number of nitrogens with zero attached hydrogens (tertiary/aromatic N) is 4. The van der Waals surface area contributed by atoms with E-state index in [1.807, 2.05) is 47.4 Å². The predicted molar refractivity (Wildman–Crippen MR) is 130 cm³/mol. The fourth-order valence-electron chi connectivity index (χ4n) is 3.87.